The zero-order valence-corrected chi connectivity index (χ0v) is 15.8. The lowest BCUT2D eigenvalue weighted by atomic mass is 10.1. The fraction of sp³-hybridized carbons (Fsp3) is 0.273. The van der Waals surface area contributed by atoms with Crippen LogP contribution in [0.3, 0.4) is 0 Å². The van der Waals surface area contributed by atoms with Crippen LogP contribution in [0.1, 0.15) is 41.8 Å². The van der Waals surface area contributed by atoms with Crippen LogP contribution in [-0.2, 0) is 0 Å². The molecule has 0 aliphatic rings. The highest BCUT2D eigenvalue weighted by atomic mass is 16.1. The number of hydrogen-bond acceptors (Lipinski definition) is 3. The van der Waals surface area contributed by atoms with Crippen LogP contribution < -0.4 is 10.6 Å². The number of fused-ring (bicyclic) bond motifs is 1. The van der Waals surface area contributed by atoms with Crippen molar-refractivity contribution in [3.05, 3.63) is 65.2 Å². The first kappa shape index (κ1) is 17.9. The van der Waals surface area contributed by atoms with E-state index in [0.29, 0.717) is 11.4 Å². The van der Waals surface area contributed by atoms with Gasteiger partial charge in [0.15, 0.2) is 0 Å². The third-order valence-corrected chi connectivity index (χ3v) is 4.73. The van der Waals surface area contributed by atoms with E-state index in [9.17, 15) is 4.79 Å². The molecule has 2 aromatic carbocycles. The molecular weight excluding hydrogens is 322 g/mol. The Kier molecular flexibility index (Phi) is 5.21. The number of anilines is 2. The lowest BCUT2D eigenvalue weighted by Gasteiger charge is -2.15. The molecule has 3 aromatic rings. The molecule has 0 radical (unpaired) electrons. The van der Waals surface area contributed by atoms with Gasteiger partial charge in [-0.15, -0.1) is 0 Å². The summed E-state index contributed by atoms with van der Waals surface area (Å²) in [6.07, 6.45) is 0.891. The number of para-hydroxylation sites is 1. The first-order valence-electron chi connectivity index (χ1n) is 9.03. The molecule has 1 unspecified atom stereocenters. The van der Waals surface area contributed by atoms with Crippen LogP contribution >= 0.6 is 0 Å². The van der Waals surface area contributed by atoms with Crippen molar-refractivity contribution in [1.82, 2.24) is 10.3 Å². The number of aromatic nitrogens is 1. The SMILES string of the molecule is CCC(C)NC(=O)c1cc(Nc2ccc(C)c(C)c2)nc2ccccc12. The van der Waals surface area contributed by atoms with Crippen molar-refractivity contribution in [3.8, 4) is 0 Å². The van der Waals surface area contributed by atoms with E-state index in [-0.39, 0.29) is 11.9 Å². The Morgan fingerprint density at radius 2 is 1.85 bits per heavy atom. The summed E-state index contributed by atoms with van der Waals surface area (Å²) < 4.78 is 0. The summed E-state index contributed by atoms with van der Waals surface area (Å²) in [4.78, 5) is 17.4. The van der Waals surface area contributed by atoms with Crippen LogP contribution in [-0.4, -0.2) is 16.9 Å². The normalized spacial score (nSPS) is 12.0. The second-order valence-electron chi connectivity index (χ2n) is 6.78. The molecule has 4 nitrogen and oxygen atoms in total. The molecule has 4 heteroatoms. The van der Waals surface area contributed by atoms with Crippen molar-refractivity contribution >= 4 is 28.3 Å². The second-order valence-corrected chi connectivity index (χ2v) is 6.78. The number of rotatable bonds is 5. The van der Waals surface area contributed by atoms with Gasteiger partial charge in [0, 0.05) is 17.1 Å². The average molecular weight is 347 g/mol. The molecule has 134 valence electrons. The van der Waals surface area contributed by atoms with Gasteiger partial charge in [0.25, 0.3) is 5.91 Å². The number of pyridine rings is 1. The highest BCUT2D eigenvalue weighted by Crippen LogP contribution is 2.24. The van der Waals surface area contributed by atoms with E-state index in [1.54, 1.807) is 0 Å². The Hall–Kier alpha value is -2.88. The summed E-state index contributed by atoms with van der Waals surface area (Å²) in [6, 6.07) is 15.9. The summed E-state index contributed by atoms with van der Waals surface area (Å²) in [5.74, 6) is 0.599. The molecule has 3 rings (SSSR count). The van der Waals surface area contributed by atoms with Crippen LogP contribution in [0, 0.1) is 13.8 Å². The van der Waals surface area contributed by atoms with E-state index in [1.807, 2.05) is 43.3 Å². The van der Waals surface area contributed by atoms with Gasteiger partial charge >= 0.3 is 0 Å². The minimum Gasteiger partial charge on any atom is -0.350 e. The number of benzene rings is 2. The summed E-state index contributed by atoms with van der Waals surface area (Å²) >= 11 is 0. The van der Waals surface area contributed by atoms with Crippen molar-refractivity contribution in [3.63, 3.8) is 0 Å². The minimum atomic E-state index is -0.0684. The van der Waals surface area contributed by atoms with Gasteiger partial charge in [-0.1, -0.05) is 31.2 Å². The number of carbonyl (C=O) groups is 1. The Bertz CT molecular complexity index is 949. The maximum absolute atomic E-state index is 12.8. The summed E-state index contributed by atoms with van der Waals surface area (Å²) in [7, 11) is 0. The Morgan fingerprint density at radius 1 is 1.08 bits per heavy atom. The minimum absolute atomic E-state index is 0.0684. The zero-order chi connectivity index (χ0) is 18.7. The Morgan fingerprint density at radius 3 is 2.58 bits per heavy atom. The molecule has 0 fully saturated rings. The fourth-order valence-electron chi connectivity index (χ4n) is 2.80. The summed E-state index contributed by atoms with van der Waals surface area (Å²) in [5.41, 5.74) is 4.86. The van der Waals surface area contributed by atoms with E-state index >= 15 is 0 Å². The molecule has 0 aliphatic carbocycles. The molecule has 0 spiro atoms. The first-order valence-corrected chi connectivity index (χ1v) is 9.03. The molecule has 2 N–H and O–H groups in total. The number of amides is 1. The van der Waals surface area contributed by atoms with Crippen LogP contribution in [0.2, 0.25) is 0 Å². The van der Waals surface area contributed by atoms with Crippen molar-refractivity contribution in [2.45, 2.75) is 40.2 Å². The predicted molar refractivity (Wildman–Crippen MR) is 108 cm³/mol. The second kappa shape index (κ2) is 7.56. The molecular formula is C22H25N3O. The smallest absolute Gasteiger partial charge is 0.252 e. The fourth-order valence-corrected chi connectivity index (χ4v) is 2.80. The largest absolute Gasteiger partial charge is 0.350 e. The molecule has 0 bridgehead atoms. The first-order chi connectivity index (χ1) is 12.5. The third kappa shape index (κ3) is 3.85. The van der Waals surface area contributed by atoms with Gasteiger partial charge in [0.2, 0.25) is 0 Å². The molecule has 0 saturated heterocycles. The number of nitrogens with zero attached hydrogens (tertiary/aromatic N) is 1. The van der Waals surface area contributed by atoms with Crippen LogP contribution in [0.4, 0.5) is 11.5 Å². The number of aryl methyl sites for hydroxylation is 2. The molecule has 1 heterocycles. The number of nitrogens with one attached hydrogen (secondary N) is 2. The average Bonchev–Trinajstić information content (AvgIpc) is 2.64. The van der Waals surface area contributed by atoms with Gasteiger partial charge in [0.05, 0.1) is 11.1 Å². The van der Waals surface area contributed by atoms with Crippen LogP contribution in [0.25, 0.3) is 10.9 Å². The predicted octanol–water partition coefficient (Wildman–Crippen LogP) is 5.12. The van der Waals surface area contributed by atoms with Gasteiger partial charge < -0.3 is 10.6 Å². The van der Waals surface area contributed by atoms with Gasteiger partial charge in [0.1, 0.15) is 5.82 Å². The molecule has 1 amide bonds. The number of hydrogen-bond donors (Lipinski definition) is 2. The maximum Gasteiger partial charge on any atom is 0.252 e. The Balaban J connectivity index is 2.01. The van der Waals surface area contributed by atoms with E-state index in [1.165, 1.54) is 11.1 Å². The quantitative estimate of drug-likeness (QED) is 0.673. The molecule has 26 heavy (non-hydrogen) atoms. The van der Waals surface area contributed by atoms with Gasteiger partial charge in [-0.3, -0.25) is 4.79 Å². The van der Waals surface area contributed by atoms with E-state index in [2.05, 4.69) is 48.5 Å². The van der Waals surface area contributed by atoms with Gasteiger partial charge in [-0.25, -0.2) is 4.98 Å². The lowest BCUT2D eigenvalue weighted by molar-refractivity contribution is 0.0941. The Labute approximate surface area is 154 Å². The molecule has 1 aromatic heterocycles. The van der Waals surface area contributed by atoms with Gasteiger partial charge in [-0.05, 0) is 62.6 Å². The number of carbonyl (C=O) groups excluding carboxylic acids is 1. The van der Waals surface area contributed by atoms with Crippen molar-refractivity contribution in [2.75, 3.05) is 5.32 Å². The standard InChI is InChI=1S/C22H25N3O/c1-5-16(4)23-22(26)19-13-21(25-20-9-7-6-8-18(19)20)24-17-11-10-14(2)15(3)12-17/h6-13,16H,5H2,1-4H3,(H,23,26)(H,24,25). The molecule has 0 aliphatic heterocycles. The van der Waals surface area contributed by atoms with Crippen LogP contribution in [0.15, 0.2) is 48.5 Å². The molecule has 1 atom stereocenters. The van der Waals surface area contributed by atoms with Crippen molar-refractivity contribution in [2.24, 2.45) is 0 Å². The summed E-state index contributed by atoms with van der Waals surface area (Å²) in [5, 5.41) is 7.25. The highest BCUT2D eigenvalue weighted by Gasteiger charge is 2.14. The summed E-state index contributed by atoms with van der Waals surface area (Å²) in [6.45, 7) is 8.24. The van der Waals surface area contributed by atoms with E-state index < -0.39 is 0 Å². The van der Waals surface area contributed by atoms with Crippen molar-refractivity contribution < 1.29 is 4.79 Å². The zero-order valence-electron chi connectivity index (χ0n) is 15.8. The van der Waals surface area contributed by atoms with E-state index in [4.69, 9.17) is 0 Å². The highest BCUT2D eigenvalue weighted by molar-refractivity contribution is 6.07. The van der Waals surface area contributed by atoms with Crippen LogP contribution in [0.5, 0.6) is 0 Å². The van der Waals surface area contributed by atoms with Gasteiger partial charge in [-0.2, -0.15) is 0 Å². The lowest BCUT2D eigenvalue weighted by Crippen LogP contribution is -2.32. The molecule has 0 saturated carbocycles. The van der Waals surface area contributed by atoms with E-state index in [0.717, 1.165) is 23.0 Å². The maximum atomic E-state index is 12.8. The topological polar surface area (TPSA) is 54.0 Å². The third-order valence-electron chi connectivity index (χ3n) is 4.73. The van der Waals surface area contributed by atoms with Crippen molar-refractivity contribution in [1.29, 1.82) is 0 Å². The monoisotopic (exact) mass is 347 g/mol.